The number of morpholine rings is 1. The summed E-state index contributed by atoms with van der Waals surface area (Å²) in [6.45, 7) is 4.77. The number of ether oxygens (including phenoxy) is 1. The fraction of sp³-hybridized carbons (Fsp3) is 0.389. The van der Waals surface area contributed by atoms with Crippen molar-refractivity contribution in [3.8, 4) is 11.3 Å². The number of pyridine rings is 1. The van der Waals surface area contributed by atoms with E-state index in [-0.39, 0.29) is 5.91 Å². The van der Waals surface area contributed by atoms with Crippen LogP contribution in [0.2, 0.25) is 0 Å². The number of H-pyrrole nitrogens is 1. The minimum Gasteiger partial charge on any atom is -0.379 e. The molecular formula is C18H22N6O2. The SMILES string of the molecule is Cn1nc(C(=O)NCCN2CCOCC2)cc1-c1c[nH]c2ncccc12. The van der Waals surface area contributed by atoms with Crippen LogP contribution in [0.15, 0.2) is 30.6 Å². The van der Waals surface area contributed by atoms with Crippen molar-refractivity contribution in [1.29, 1.82) is 0 Å². The quantitative estimate of drug-likeness (QED) is 0.714. The number of aryl methyl sites for hydroxylation is 1. The molecule has 1 aliphatic heterocycles. The first-order valence-electron chi connectivity index (χ1n) is 8.77. The van der Waals surface area contributed by atoms with Crippen molar-refractivity contribution in [2.24, 2.45) is 7.05 Å². The summed E-state index contributed by atoms with van der Waals surface area (Å²) in [6.07, 6.45) is 3.65. The number of amides is 1. The van der Waals surface area contributed by atoms with Gasteiger partial charge in [-0.15, -0.1) is 0 Å². The number of aromatic nitrogens is 4. The van der Waals surface area contributed by atoms with E-state index >= 15 is 0 Å². The number of nitrogens with zero attached hydrogens (tertiary/aromatic N) is 4. The van der Waals surface area contributed by atoms with Gasteiger partial charge in [-0.3, -0.25) is 14.4 Å². The molecular weight excluding hydrogens is 332 g/mol. The number of carbonyl (C=O) groups excluding carboxylic acids is 1. The van der Waals surface area contributed by atoms with Crippen LogP contribution in [0.1, 0.15) is 10.5 Å². The van der Waals surface area contributed by atoms with Gasteiger partial charge in [0.2, 0.25) is 0 Å². The molecule has 3 aromatic rings. The smallest absolute Gasteiger partial charge is 0.271 e. The average molecular weight is 354 g/mol. The standard InChI is InChI=1S/C18H22N6O2/c1-23-16(14-12-21-17-13(14)3-2-4-19-17)11-15(22-23)18(25)20-5-6-24-7-9-26-10-8-24/h2-4,11-12H,5-10H2,1H3,(H,19,21)(H,20,25). The Bertz CT molecular complexity index is 909. The minimum absolute atomic E-state index is 0.155. The fourth-order valence-electron chi connectivity index (χ4n) is 3.24. The van der Waals surface area contributed by atoms with Crippen LogP contribution in [-0.4, -0.2) is 69.9 Å². The molecule has 1 fully saturated rings. The Morgan fingerprint density at radius 3 is 3.08 bits per heavy atom. The van der Waals surface area contributed by atoms with E-state index in [1.807, 2.05) is 31.4 Å². The fourth-order valence-corrected chi connectivity index (χ4v) is 3.24. The molecule has 26 heavy (non-hydrogen) atoms. The van der Waals surface area contributed by atoms with Crippen LogP contribution < -0.4 is 5.32 Å². The summed E-state index contributed by atoms with van der Waals surface area (Å²) >= 11 is 0. The maximum absolute atomic E-state index is 12.4. The number of aromatic amines is 1. The highest BCUT2D eigenvalue weighted by atomic mass is 16.5. The second-order valence-corrected chi connectivity index (χ2v) is 6.35. The average Bonchev–Trinajstić information content (AvgIpc) is 3.26. The number of fused-ring (bicyclic) bond motifs is 1. The topological polar surface area (TPSA) is 88.1 Å². The molecule has 3 aromatic heterocycles. The molecule has 136 valence electrons. The second kappa shape index (κ2) is 7.27. The van der Waals surface area contributed by atoms with Crippen molar-refractivity contribution in [3.05, 3.63) is 36.3 Å². The third-order valence-corrected chi connectivity index (χ3v) is 4.66. The number of nitrogens with one attached hydrogen (secondary N) is 2. The summed E-state index contributed by atoms with van der Waals surface area (Å²) in [5.74, 6) is -0.155. The van der Waals surface area contributed by atoms with Crippen molar-refractivity contribution in [2.75, 3.05) is 39.4 Å². The lowest BCUT2D eigenvalue weighted by Crippen LogP contribution is -2.41. The van der Waals surface area contributed by atoms with Gasteiger partial charge in [0.15, 0.2) is 5.69 Å². The van der Waals surface area contributed by atoms with Crippen LogP contribution >= 0.6 is 0 Å². The van der Waals surface area contributed by atoms with E-state index in [1.165, 1.54) is 0 Å². The highest BCUT2D eigenvalue weighted by molar-refractivity contribution is 5.96. The summed E-state index contributed by atoms with van der Waals surface area (Å²) in [7, 11) is 1.84. The maximum Gasteiger partial charge on any atom is 0.271 e. The Kier molecular flexibility index (Phi) is 4.68. The lowest BCUT2D eigenvalue weighted by molar-refractivity contribution is 0.0383. The summed E-state index contributed by atoms with van der Waals surface area (Å²) in [4.78, 5) is 22.2. The highest BCUT2D eigenvalue weighted by Gasteiger charge is 2.17. The van der Waals surface area contributed by atoms with Crippen LogP contribution in [0, 0.1) is 0 Å². The van der Waals surface area contributed by atoms with Crippen LogP contribution in [0.3, 0.4) is 0 Å². The molecule has 0 aliphatic carbocycles. The monoisotopic (exact) mass is 354 g/mol. The lowest BCUT2D eigenvalue weighted by atomic mass is 10.1. The molecule has 4 rings (SSSR count). The van der Waals surface area contributed by atoms with Crippen molar-refractivity contribution in [2.45, 2.75) is 0 Å². The van der Waals surface area contributed by atoms with Crippen LogP contribution in [0.5, 0.6) is 0 Å². The summed E-state index contributed by atoms with van der Waals surface area (Å²) in [5, 5.41) is 8.34. The Morgan fingerprint density at radius 1 is 1.38 bits per heavy atom. The van der Waals surface area contributed by atoms with Gasteiger partial charge in [-0.05, 0) is 18.2 Å². The van der Waals surface area contributed by atoms with Gasteiger partial charge in [-0.25, -0.2) is 4.98 Å². The van der Waals surface area contributed by atoms with Crippen molar-refractivity contribution in [1.82, 2.24) is 30.0 Å². The van der Waals surface area contributed by atoms with Crippen molar-refractivity contribution >= 4 is 16.9 Å². The maximum atomic E-state index is 12.4. The van der Waals surface area contributed by atoms with E-state index < -0.39 is 0 Å². The zero-order valence-electron chi connectivity index (χ0n) is 14.7. The van der Waals surface area contributed by atoms with Crippen LogP contribution in [0.4, 0.5) is 0 Å². The van der Waals surface area contributed by atoms with Gasteiger partial charge in [0.05, 0.1) is 18.9 Å². The molecule has 0 unspecified atom stereocenters. The van der Waals surface area contributed by atoms with Gasteiger partial charge < -0.3 is 15.0 Å². The lowest BCUT2D eigenvalue weighted by Gasteiger charge is -2.26. The molecule has 4 heterocycles. The van der Waals surface area contributed by atoms with Gasteiger partial charge in [-0.1, -0.05) is 0 Å². The first-order valence-corrected chi connectivity index (χ1v) is 8.77. The second-order valence-electron chi connectivity index (χ2n) is 6.35. The molecule has 0 radical (unpaired) electrons. The molecule has 0 bridgehead atoms. The number of carbonyl (C=O) groups is 1. The first kappa shape index (κ1) is 16.7. The molecule has 1 amide bonds. The molecule has 0 atom stereocenters. The van der Waals surface area contributed by atoms with Crippen molar-refractivity contribution in [3.63, 3.8) is 0 Å². The Labute approximate surface area is 151 Å². The van der Waals surface area contributed by atoms with Gasteiger partial charge in [-0.2, -0.15) is 5.10 Å². The van der Waals surface area contributed by atoms with E-state index in [0.717, 1.165) is 55.1 Å². The predicted octanol–water partition coefficient (Wildman–Crippen LogP) is 1.03. The van der Waals surface area contributed by atoms with E-state index in [2.05, 4.69) is 25.3 Å². The third-order valence-electron chi connectivity index (χ3n) is 4.66. The number of hydrogen-bond donors (Lipinski definition) is 2. The van der Waals surface area contributed by atoms with E-state index in [4.69, 9.17) is 4.74 Å². The molecule has 8 nitrogen and oxygen atoms in total. The zero-order chi connectivity index (χ0) is 17.9. The largest absolute Gasteiger partial charge is 0.379 e. The number of hydrogen-bond acceptors (Lipinski definition) is 5. The molecule has 2 N–H and O–H groups in total. The van der Waals surface area contributed by atoms with Gasteiger partial charge in [0.25, 0.3) is 5.91 Å². The van der Waals surface area contributed by atoms with Crippen LogP contribution in [0.25, 0.3) is 22.3 Å². The molecule has 0 spiro atoms. The Hall–Kier alpha value is -2.71. The third kappa shape index (κ3) is 3.33. The van der Waals surface area contributed by atoms with Crippen molar-refractivity contribution < 1.29 is 9.53 Å². The van der Waals surface area contributed by atoms with E-state index in [0.29, 0.717) is 12.2 Å². The van der Waals surface area contributed by atoms with E-state index in [9.17, 15) is 4.79 Å². The normalized spacial score (nSPS) is 15.4. The summed E-state index contributed by atoms with van der Waals surface area (Å²) in [6, 6.07) is 5.72. The predicted molar refractivity (Wildman–Crippen MR) is 97.9 cm³/mol. The summed E-state index contributed by atoms with van der Waals surface area (Å²) < 4.78 is 7.06. The molecule has 1 aliphatic rings. The van der Waals surface area contributed by atoms with Crippen LogP contribution in [-0.2, 0) is 11.8 Å². The minimum atomic E-state index is -0.155. The molecule has 0 aromatic carbocycles. The molecule has 1 saturated heterocycles. The number of rotatable bonds is 5. The van der Waals surface area contributed by atoms with Gasteiger partial charge in [0, 0.05) is 56.6 Å². The highest BCUT2D eigenvalue weighted by Crippen LogP contribution is 2.27. The zero-order valence-corrected chi connectivity index (χ0v) is 14.7. The molecule has 0 saturated carbocycles. The van der Waals surface area contributed by atoms with E-state index in [1.54, 1.807) is 10.9 Å². The summed E-state index contributed by atoms with van der Waals surface area (Å²) in [5.41, 5.74) is 3.10. The van der Waals surface area contributed by atoms with Gasteiger partial charge in [0.1, 0.15) is 5.65 Å². The Balaban J connectivity index is 1.45. The molecule has 8 heteroatoms. The Morgan fingerprint density at radius 2 is 2.23 bits per heavy atom. The first-order chi connectivity index (χ1) is 12.7. The van der Waals surface area contributed by atoms with Gasteiger partial charge >= 0.3 is 0 Å².